The first-order valence-electron chi connectivity index (χ1n) is 12.4. The van der Waals surface area contributed by atoms with Crippen molar-refractivity contribution in [3.05, 3.63) is 102 Å². The quantitative estimate of drug-likeness (QED) is 0.102. The molecule has 0 spiro atoms. The van der Waals surface area contributed by atoms with E-state index in [4.69, 9.17) is 4.74 Å². The lowest BCUT2D eigenvalue weighted by Gasteiger charge is -2.18. The van der Waals surface area contributed by atoms with Gasteiger partial charge in [-0.1, -0.05) is 42.5 Å². The summed E-state index contributed by atoms with van der Waals surface area (Å²) in [7, 11) is 1.54. The van der Waals surface area contributed by atoms with Gasteiger partial charge in [0.1, 0.15) is 12.4 Å². The van der Waals surface area contributed by atoms with Gasteiger partial charge in [0.25, 0.3) is 0 Å². The predicted octanol–water partition coefficient (Wildman–Crippen LogP) is 5.28. The second-order valence-corrected chi connectivity index (χ2v) is 8.73. The van der Waals surface area contributed by atoms with Crippen LogP contribution in [0.3, 0.4) is 0 Å². The van der Waals surface area contributed by atoms with Crippen LogP contribution in [0.5, 0.6) is 5.75 Å². The third-order valence-corrected chi connectivity index (χ3v) is 5.92. The summed E-state index contributed by atoms with van der Waals surface area (Å²) >= 11 is 0. The van der Waals surface area contributed by atoms with Gasteiger partial charge in [-0.3, -0.25) is 14.9 Å². The molecule has 1 amide bonds. The van der Waals surface area contributed by atoms with Crippen molar-refractivity contribution in [3.63, 3.8) is 0 Å². The fourth-order valence-corrected chi connectivity index (χ4v) is 4.07. The molecule has 0 fully saturated rings. The number of fused-ring (bicyclic) bond motifs is 1. The van der Waals surface area contributed by atoms with Gasteiger partial charge in [0.05, 0.1) is 29.2 Å². The van der Waals surface area contributed by atoms with Crippen LogP contribution < -0.4 is 15.4 Å². The number of rotatable bonds is 11. The molecule has 0 unspecified atom stereocenters. The van der Waals surface area contributed by atoms with Crippen molar-refractivity contribution in [2.24, 2.45) is 0 Å². The van der Waals surface area contributed by atoms with E-state index < -0.39 is 18.5 Å². The number of halogens is 4. The monoisotopic (exact) mass is 553 g/mol. The maximum atomic E-state index is 14.3. The molecule has 0 saturated carbocycles. The largest absolute Gasteiger partial charge is 0.491 e. The molecular weight excluding hydrogens is 526 g/mol. The van der Waals surface area contributed by atoms with Crippen LogP contribution in [0.4, 0.5) is 17.6 Å². The second-order valence-electron chi connectivity index (χ2n) is 8.73. The van der Waals surface area contributed by atoms with Crippen molar-refractivity contribution < 1.29 is 27.1 Å². The summed E-state index contributed by atoms with van der Waals surface area (Å²) in [6.07, 6.45) is -1.18. The Morgan fingerprint density at radius 2 is 1.88 bits per heavy atom. The molecule has 7 nitrogen and oxygen atoms in total. The number of carbonyl (C=O) groups excluding carboxylic acids is 1. The molecule has 0 atom stereocenters. The van der Waals surface area contributed by atoms with E-state index in [0.717, 1.165) is 0 Å². The highest BCUT2D eigenvalue weighted by Crippen LogP contribution is 2.39. The minimum Gasteiger partial charge on any atom is -0.491 e. The van der Waals surface area contributed by atoms with Crippen LogP contribution in [0.15, 0.2) is 79.0 Å². The number of nitrogens with one attached hydrogen (secondary N) is 3. The summed E-state index contributed by atoms with van der Waals surface area (Å²) in [4.78, 5) is 15.6. The first-order valence-corrected chi connectivity index (χ1v) is 12.4. The molecule has 3 N–H and O–H groups in total. The average Bonchev–Trinajstić information content (AvgIpc) is 3.32. The zero-order valence-corrected chi connectivity index (χ0v) is 21.6. The van der Waals surface area contributed by atoms with Crippen LogP contribution in [-0.4, -0.2) is 54.0 Å². The average molecular weight is 554 g/mol. The number of aromatic amines is 1. The lowest BCUT2D eigenvalue weighted by molar-refractivity contribution is -0.123. The van der Waals surface area contributed by atoms with Crippen molar-refractivity contribution in [3.8, 4) is 5.75 Å². The second kappa shape index (κ2) is 13.0. The Hall–Kier alpha value is -4.51. The van der Waals surface area contributed by atoms with Crippen LogP contribution in [0.25, 0.3) is 22.0 Å². The lowest BCUT2D eigenvalue weighted by atomic mass is 9.89. The van der Waals surface area contributed by atoms with Gasteiger partial charge < -0.3 is 15.4 Å². The topological polar surface area (TPSA) is 91.9 Å². The predicted molar refractivity (Wildman–Crippen MR) is 145 cm³/mol. The van der Waals surface area contributed by atoms with Gasteiger partial charge in [-0.15, -0.1) is 0 Å². The molecule has 208 valence electrons. The zero-order chi connectivity index (χ0) is 28.5. The summed E-state index contributed by atoms with van der Waals surface area (Å²) in [5.74, 6) is -0.444. The van der Waals surface area contributed by atoms with E-state index in [9.17, 15) is 22.4 Å². The highest BCUT2D eigenvalue weighted by atomic mass is 19.4. The van der Waals surface area contributed by atoms with E-state index in [1.54, 1.807) is 67.7 Å². The third-order valence-electron chi connectivity index (χ3n) is 5.92. The van der Waals surface area contributed by atoms with E-state index in [0.29, 0.717) is 42.1 Å². The van der Waals surface area contributed by atoms with E-state index in [1.807, 2.05) is 0 Å². The van der Waals surface area contributed by atoms with Gasteiger partial charge in [0.15, 0.2) is 0 Å². The first kappa shape index (κ1) is 28.5. The van der Waals surface area contributed by atoms with E-state index in [1.165, 1.54) is 18.3 Å². The molecule has 0 aliphatic carbocycles. The number of H-pyrrole nitrogens is 1. The van der Waals surface area contributed by atoms with Crippen LogP contribution in [0.2, 0.25) is 0 Å². The molecule has 2 aromatic heterocycles. The standard InChI is InChI=1S/C29H27F4N5O2/c1-34-26(39)8-5-13-35-14-15-40-21-10-12-25(36-18-21)27(20-9-11-24-22(16-20)28(30)38-37-24)23(17-29(31,32)33)19-6-3-2-4-7-19/h2-12,16,18,35H,13-15,17H2,1H3,(H,34,39)(H,37,38)/b8-5+,27-23-. The molecule has 0 radical (unpaired) electrons. The Morgan fingerprint density at radius 3 is 2.58 bits per heavy atom. The van der Waals surface area contributed by atoms with Gasteiger partial charge in [-0.25, -0.2) is 0 Å². The summed E-state index contributed by atoms with van der Waals surface area (Å²) in [6, 6.07) is 16.1. The number of amides is 1. The number of hydrogen-bond acceptors (Lipinski definition) is 5. The number of likely N-dealkylation sites (N-methyl/N-ethyl adjacent to an activating group) is 1. The molecule has 0 bridgehead atoms. The van der Waals surface area contributed by atoms with Gasteiger partial charge >= 0.3 is 6.18 Å². The number of alkyl halides is 3. The van der Waals surface area contributed by atoms with Crippen LogP contribution in [0, 0.1) is 5.95 Å². The highest BCUT2D eigenvalue weighted by Gasteiger charge is 2.32. The Morgan fingerprint density at radius 1 is 1.07 bits per heavy atom. The SMILES string of the molecule is CNC(=O)/C=C/CNCCOc1ccc(/C(=C(/CC(F)(F)F)c2ccccc2)c2ccc3n[nH]c(F)c3c2)nc1. The van der Waals surface area contributed by atoms with E-state index in [2.05, 4.69) is 25.8 Å². The number of hydrogen-bond donors (Lipinski definition) is 3. The normalized spacial score (nSPS) is 12.5. The Bertz CT molecular complexity index is 1500. The van der Waals surface area contributed by atoms with Gasteiger partial charge in [-0.2, -0.15) is 22.7 Å². The van der Waals surface area contributed by atoms with E-state index in [-0.39, 0.29) is 28.1 Å². The van der Waals surface area contributed by atoms with Gasteiger partial charge in [-0.05, 0) is 41.0 Å². The molecule has 0 saturated heterocycles. The third kappa shape index (κ3) is 7.54. The molecule has 4 rings (SSSR count). The number of aromatic nitrogens is 3. The summed E-state index contributed by atoms with van der Waals surface area (Å²) in [5.41, 5.74) is 1.60. The van der Waals surface area contributed by atoms with Crippen LogP contribution in [-0.2, 0) is 4.79 Å². The maximum absolute atomic E-state index is 14.3. The molecule has 0 aliphatic rings. The fourth-order valence-electron chi connectivity index (χ4n) is 4.07. The Kier molecular flexibility index (Phi) is 9.28. The number of carbonyl (C=O) groups is 1. The lowest BCUT2D eigenvalue weighted by Crippen LogP contribution is -2.21. The number of allylic oxidation sites excluding steroid dienone is 1. The number of ether oxygens (including phenoxy) is 1. The first-order chi connectivity index (χ1) is 19.2. The minimum atomic E-state index is -4.51. The highest BCUT2D eigenvalue weighted by molar-refractivity contribution is 5.99. The number of benzene rings is 2. The summed E-state index contributed by atoms with van der Waals surface area (Å²) in [5, 5.41) is 11.9. The Balaban J connectivity index is 1.64. The van der Waals surface area contributed by atoms with Crippen molar-refractivity contribution in [2.75, 3.05) is 26.7 Å². The van der Waals surface area contributed by atoms with Crippen molar-refractivity contribution in [1.29, 1.82) is 0 Å². The molecule has 2 heterocycles. The molecular formula is C29H27F4N5O2. The number of nitrogens with zero attached hydrogens (tertiary/aromatic N) is 2. The van der Waals surface area contributed by atoms with Crippen LogP contribution >= 0.6 is 0 Å². The van der Waals surface area contributed by atoms with Crippen molar-refractivity contribution in [2.45, 2.75) is 12.6 Å². The molecule has 4 aromatic rings. The number of pyridine rings is 1. The van der Waals surface area contributed by atoms with Crippen molar-refractivity contribution in [1.82, 2.24) is 25.8 Å². The van der Waals surface area contributed by atoms with Crippen molar-refractivity contribution >= 4 is 28.0 Å². The zero-order valence-electron chi connectivity index (χ0n) is 21.6. The van der Waals surface area contributed by atoms with Gasteiger partial charge in [0, 0.05) is 31.8 Å². The summed E-state index contributed by atoms with van der Waals surface area (Å²) in [6.45, 7) is 1.27. The molecule has 40 heavy (non-hydrogen) atoms. The molecule has 11 heteroatoms. The smallest absolute Gasteiger partial charge is 0.393 e. The van der Waals surface area contributed by atoms with Crippen LogP contribution in [0.1, 0.15) is 23.2 Å². The van der Waals surface area contributed by atoms with E-state index >= 15 is 0 Å². The summed E-state index contributed by atoms with van der Waals surface area (Å²) < 4.78 is 61.6. The maximum Gasteiger partial charge on any atom is 0.393 e. The molecule has 0 aliphatic heterocycles. The van der Waals surface area contributed by atoms with Gasteiger partial charge in [0.2, 0.25) is 11.9 Å². The minimum absolute atomic E-state index is 0.00605. The Labute approximate surface area is 228 Å². The molecule has 2 aromatic carbocycles. The fraction of sp³-hybridized carbons (Fsp3) is 0.207.